The van der Waals surface area contributed by atoms with Crippen LogP contribution in [0.1, 0.15) is 20.3 Å². The summed E-state index contributed by atoms with van der Waals surface area (Å²) in [7, 11) is 0. The molecule has 1 aromatic carbocycles. The van der Waals surface area contributed by atoms with E-state index in [1.54, 1.807) is 12.4 Å². The van der Waals surface area contributed by atoms with Gasteiger partial charge in [0.2, 0.25) is 0 Å². The van der Waals surface area contributed by atoms with Gasteiger partial charge >= 0.3 is 0 Å². The van der Waals surface area contributed by atoms with Crippen molar-refractivity contribution in [2.45, 2.75) is 20.3 Å². The van der Waals surface area contributed by atoms with Crippen molar-refractivity contribution in [3.8, 4) is 0 Å². The fraction of sp³-hybridized carbons (Fsp3) is 0.400. The van der Waals surface area contributed by atoms with E-state index in [0.717, 1.165) is 35.1 Å². The third-order valence-electron chi connectivity index (χ3n) is 3.40. The Hall–Kier alpha value is -1.81. The molecular weight excluding hydrogens is 238 g/mol. The first-order valence-corrected chi connectivity index (χ1v) is 6.50. The minimum Gasteiger partial charge on any atom is -0.398 e. The molecule has 0 spiro atoms. The average molecular weight is 259 g/mol. The summed E-state index contributed by atoms with van der Waals surface area (Å²) >= 11 is 0. The van der Waals surface area contributed by atoms with Gasteiger partial charge in [-0.25, -0.2) is 0 Å². The van der Waals surface area contributed by atoms with Gasteiger partial charge in [-0.1, -0.05) is 13.8 Å². The molecule has 102 valence electrons. The van der Waals surface area contributed by atoms with Gasteiger partial charge in [-0.3, -0.25) is 4.98 Å². The number of aromatic nitrogens is 1. The van der Waals surface area contributed by atoms with Gasteiger partial charge in [0.15, 0.2) is 0 Å². The molecular formula is C15H21N3O. The summed E-state index contributed by atoms with van der Waals surface area (Å²) in [6.45, 7) is 5.28. The van der Waals surface area contributed by atoms with Crippen LogP contribution in [0.25, 0.3) is 10.8 Å². The van der Waals surface area contributed by atoms with Crippen molar-refractivity contribution in [2.75, 3.05) is 24.2 Å². The molecule has 0 aliphatic heterocycles. The van der Waals surface area contributed by atoms with E-state index in [1.807, 2.05) is 18.2 Å². The first kappa shape index (κ1) is 13.6. The first-order valence-electron chi connectivity index (χ1n) is 6.50. The van der Waals surface area contributed by atoms with Crippen LogP contribution in [0.3, 0.4) is 0 Å². The SMILES string of the molecule is CC(C)(CCO)CNc1ccc(N)c2cnccc12. The lowest BCUT2D eigenvalue weighted by molar-refractivity contribution is 0.220. The van der Waals surface area contributed by atoms with Crippen LogP contribution in [0, 0.1) is 5.41 Å². The number of hydrogen-bond acceptors (Lipinski definition) is 4. The van der Waals surface area contributed by atoms with Crippen molar-refractivity contribution < 1.29 is 5.11 Å². The molecule has 0 saturated carbocycles. The number of rotatable bonds is 5. The predicted molar refractivity (Wildman–Crippen MR) is 80.1 cm³/mol. The van der Waals surface area contributed by atoms with Crippen molar-refractivity contribution in [2.24, 2.45) is 5.41 Å². The zero-order valence-electron chi connectivity index (χ0n) is 11.5. The summed E-state index contributed by atoms with van der Waals surface area (Å²) in [6.07, 6.45) is 4.33. The Labute approximate surface area is 113 Å². The van der Waals surface area contributed by atoms with Crippen LogP contribution < -0.4 is 11.1 Å². The Morgan fingerprint density at radius 3 is 2.79 bits per heavy atom. The van der Waals surface area contributed by atoms with E-state index >= 15 is 0 Å². The number of aliphatic hydroxyl groups excluding tert-OH is 1. The fourth-order valence-electron chi connectivity index (χ4n) is 2.09. The topological polar surface area (TPSA) is 71.2 Å². The zero-order valence-corrected chi connectivity index (χ0v) is 11.5. The number of nitrogens with one attached hydrogen (secondary N) is 1. The van der Waals surface area contributed by atoms with Gasteiger partial charge in [-0.05, 0) is 30.0 Å². The van der Waals surface area contributed by atoms with E-state index in [9.17, 15) is 0 Å². The van der Waals surface area contributed by atoms with Gasteiger partial charge < -0.3 is 16.2 Å². The Balaban J connectivity index is 2.24. The monoisotopic (exact) mass is 259 g/mol. The highest BCUT2D eigenvalue weighted by Gasteiger charge is 2.17. The van der Waals surface area contributed by atoms with Gasteiger partial charge in [0.05, 0.1) is 0 Å². The van der Waals surface area contributed by atoms with E-state index in [1.165, 1.54) is 0 Å². The summed E-state index contributed by atoms with van der Waals surface area (Å²) in [4.78, 5) is 4.11. The zero-order chi connectivity index (χ0) is 13.9. The largest absolute Gasteiger partial charge is 0.398 e. The second-order valence-corrected chi connectivity index (χ2v) is 5.61. The third-order valence-corrected chi connectivity index (χ3v) is 3.40. The summed E-state index contributed by atoms with van der Waals surface area (Å²) in [6, 6.07) is 5.85. The van der Waals surface area contributed by atoms with Crippen LogP contribution in [-0.4, -0.2) is 23.2 Å². The first-order chi connectivity index (χ1) is 9.03. The van der Waals surface area contributed by atoms with Crippen LogP contribution in [0.5, 0.6) is 0 Å². The molecule has 1 aromatic heterocycles. The maximum absolute atomic E-state index is 9.05. The normalized spacial score (nSPS) is 11.7. The van der Waals surface area contributed by atoms with Crippen molar-refractivity contribution in [1.29, 1.82) is 0 Å². The molecule has 0 saturated heterocycles. The maximum Gasteiger partial charge on any atom is 0.0436 e. The molecule has 2 aromatic rings. The molecule has 0 aliphatic rings. The number of aliphatic hydroxyl groups is 1. The van der Waals surface area contributed by atoms with E-state index < -0.39 is 0 Å². The Morgan fingerprint density at radius 2 is 2.05 bits per heavy atom. The van der Waals surface area contributed by atoms with Crippen molar-refractivity contribution >= 4 is 22.1 Å². The van der Waals surface area contributed by atoms with Crippen LogP contribution in [-0.2, 0) is 0 Å². The Morgan fingerprint density at radius 1 is 1.26 bits per heavy atom. The maximum atomic E-state index is 9.05. The number of nitrogens with zero attached hydrogens (tertiary/aromatic N) is 1. The highest BCUT2D eigenvalue weighted by atomic mass is 16.3. The van der Waals surface area contributed by atoms with Crippen molar-refractivity contribution in [3.63, 3.8) is 0 Å². The summed E-state index contributed by atoms with van der Waals surface area (Å²) in [5, 5.41) is 14.5. The molecule has 2 rings (SSSR count). The van der Waals surface area contributed by atoms with E-state index in [-0.39, 0.29) is 12.0 Å². The minimum atomic E-state index is 0.0511. The predicted octanol–water partition coefficient (Wildman–Crippen LogP) is 2.64. The lowest BCUT2D eigenvalue weighted by atomic mass is 9.89. The highest BCUT2D eigenvalue weighted by Crippen LogP contribution is 2.29. The molecule has 19 heavy (non-hydrogen) atoms. The number of benzene rings is 1. The number of anilines is 2. The summed E-state index contributed by atoms with van der Waals surface area (Å²) in [5.41, 5.74) is 7.80. The van der Waals surface area contributed by atoms with Gasteiger partial charge in [-0.15, -0.1) is 0 Å². The van der Waals surface area contributed by atoms with Gasteiger partial charge in [0.1, 0.15) is 0 Å². The van der Waals surface area contributed by atoms with E-state index in [0.29, 0.717) is 0 Å². The molecule has 4 nitrogen and oxygen atoms in total. The number of hydrogen-bond donors (Lipinski definition) is 3. The van der Waals surface area contributed by atoms with Gasteiger partial charge in [-0.2, -0.15) is 0 Å². The quantitative estimate of drug-likeness (QED) is 0.722. The number of nitrogen functional groups attached to an aromatic ring is 1. The van der Waals surface area contributed by atoms with Crippen LogP contribution in [0.2, 0.25) is 0 Å². The molecule has 4 heteroatoms. The van der Waals surface area contributed by atoms with Gasteiger partial charge in [0.25, 0.3) is 0 Å². The molecule has 1 heterocycles. The summed E-state index contributed by atoms with van der Waals surface area (Å²) in [5.74, 6) is 0. The van der Waals surface area contributed by atoms with E-state index in [2.05, 4.69) is 24.1 Å². The second kappa shape index (κ2) is 5.45. The third kappa shape index (κ3) is 3.15. The van der Waals surface area contributed by atoms with E-state index in [4.69, 9.17) is 10.8 Å². The van der Waals surface area contributed by atoms with Crippen LogP contribution in [0.4, 0.5) is 11.4 Å². The summed E-state index contributed by atoms with van der Waals surface area (Å²) < 4.78 is 0. The molecule has 4 N–H and O–H groups in total. The average Bonchev–Trinajstić information content (AvgIpc) is 2.38. The lowest BCUT2D eigenvalue weighted by Crippen LogP contribution is -2.24. The molecule has 0 amide bonds. The highest BCUT2D eigenvalue weighted by molar-refractivity contribution is 6.00. The number of nitrogens with two attached hydrogens (primary N) is 1. The minimum absolute atomic E-state index is 0.0511. The molecule has 0 unspecified atom stereocenters. The fourth-order valence-corrected chi connectivity index (χ4v) is 2.09. The molecule has 0 radical (unpaired) electrons. The van der Waals surface area contributed by atoms with Crippen LogP contribution >= 0.6 is 0 Å². The van der Waals surface area contributed by atoms with Crippen molar-refractivity contribution in [3.05, 3.63) is 30.6 Å². The molecule has 0 fully saturated rings. The molecule has 0 atom stereocenters. The van der Waals surface area contributed by atoms with Crippen molar-refractivity contribution in [1.82, 2.24) is 4.98 Å². The number of pyridine rings is 1. The number of fused-ring (bicyclic) bond motifs is 1. The molecule has 0 aliphatic carbocycles. The van der Waals surface area contributed by atoms with Gasteiger partial charge in [0, 0.05) is 47.7 Å². The smallest absolute Gasteiger partial charge is 0.0436 e. The molecule has 0 bridgehead atoms. The second-order valence-electron chi connectivity index (χ2n) is 5.61. The lowest BCUT2D eigenvalue weighted by Gasteiger charge is -2.25. The Bertz CT molecular complexity index is 566. The standard InChI is InChI=1S/C15H21N3O/c1-15(2,6-8-19)10-18-14-4-3-13(16)12-9-17-7-5-11(12)14/h3-5,7,9,18-19H,6,8,10,16H2,1-2H3. The Kier molecular flexibility index (Phi) is 3.90. The van der Waals surface area contributed by atoms with Crippen LogP contribution in [0.15, 0.2) is 30.6 Å².